The fourth-order valence-electron chi connectivity index (χ4n) is 3.19. The highest BCUT2D eigenvalue weighted by Gasteiger charge is 2.21. The topological polar surface area (TPSA) is 55.8 Å². The molecule has 1 aliphatic rings. The molecule has 0 saturated heterocycles. The summed E-state index contributed by atoms with van der Waals surface area (Å²) < 4.78 is 11.3. The maximum atomic E-state index is 12.9. The van der Waals surface area contributed by atoms with E-state index in [4.69, 9.17) is 9.47 Å². The van der Waals surface area contributed by atoms with Crippen LogP contribution in [0.2, 0.25) is 0 Å². The molecule has 6 heteroatoms. The zero-order valence-corrected chi connectivity index (χ0v) is 18.5. The number of likely N-dealkylation sites (N-methyl/N-ethyl adjacent to an activating group) is 1. The predicted molar refractivity (Wildman–Crippen MR) is 121 cm³/mol. The highest BCUT2D eigenvalue weighted by atomic mass is 32.1. The van der Waals surface area contributed by atoms with Crippen LogP contribution in [-0.2, 0) is 9.59 Å². The molecule has 0 bridgehead atoms. The standard InChI is InChI=1S/C24H27NO4S/c1-4-28-22-14-17(10-11-21(22)29-16-23(26)25(2)3)13-18-7-5-8-19(24(18)27)15-20-9-6-12-30-20/h6,9-15H,4-5,7-8,16H2,1-3H3/b18-13+,19-15-. The molecule has 30 heavy (non-hydrogen) atoms. The maximum absolute atomic E-state index is 12.9. The van der Waals surface area contributed by atoms with Gasteiger partial charge in [0.15, 0.2) is 23.9 Å². The zero-order valence-electron chi connectivity index (χ0n) is 17.6. The van der Waals surface area contributed by atoms with Gasteiger partial charge in [0, 0.05) is 30.1 Å². The molecule has 2 aromatic rings. The van der Waals surface area contributed by atoms with Gasteiger partial charge in [-0.3, -0.25) is 9.59 Å². The molecule has 0 unspecified atom stereocenters. The van der Waals surface area contributed by atoms with Crippen LogP contribution in [0.5, 0.6) is 11.5 Å². The third-order valence-electron chi connectivity index (χ3n) is 4.79. The third-order valence-corrected chi connectivity index (χ3v) is 5.61. The van der Waals surface area contributed by atoms with Crippen molar-refractivity contribution in [1.29, 1.82) is 0 Å². The molecule has 158 valence electrons. The highest BCUT2D eigenvalue weighted by Crippen LogP contribution is 2.32. The molecule has 1 heterocycles. The lowest BCUT2D eigenvalue weighted by molar-refractivity contribution is -0.130. The van der Waals surface area contributed by atoms with E-state index in [0.29, 0.717) is 18.1 Å². The number of nitrogens with zero attached hydrogens (tertiary/aromatic N) is 1. The Balaban J connectivity index is 1.80. The predicted octanol–water partition coefficient (Wildman–Crippen LogP) is 4.83. The van der Waals surface area contributed by atoms with Crippen molar-refractivity contribution in [2.45, 2.75) is 26.2 Å². The molecule has 1 saturated carbocycles. The number of amides is 1. The first-order valence-electron chi connectivity index (χ1n) is 10.1. The second-order valence-electron chi connectivity index (χ2n) is 7.25. The van der Waals surface area contributed by atoms with Crippen LogP contribution in [0.1, 0.15) is 36.6 Å². The monoisotopic (exact) mass is 425 g/mol. The Labute approximate surface area is 181 Å². The van der Waals surface area contributed by atoms with Crippen LogP contribution in [0.3, 0.4) is 0 Å². The van der Waals surface area contributed by atoms with Crippen molar-refractivity contribution in [3.63, 3.8) is 0 Å². The molecule has 0 atom stereocenters. The first-order chi connectivity index (χ1) is 14.5. The third kappa shape index (κ3) is 5.60. The number of rotatable bonds is 7. The molecule has 1 amide bonds. The molecule has 1 aromatic carbocycles. The first-order valence-corrected chi connectivity index (χ1v) is 10.9. The van der Waals surface area contributed by atoms with E-state index in [1.807, 2.05) is 48.7 Å². The lowest BCUT2D eigenvalue weighted by Gasteiger charge is -2.17. The Morgan fingerprint density at radius 1 is 1.10 bits per heavy atom. The Kier molecular flexibility index (Phi) is 7.46. The van der Waals surface area contributed by atoms with Crippen LogP contribution >= 0.6 is 11.3 Å². The summed E-state index contributed by atoms with van der Waals surface area (Å²) in [5.41, 5.74) is 2.55. The molecule has 3 rings (SSSR count). The molecule has 1 fully saturated rings. The summed E-state index contributed by atoms with van der Waals surface area (Å²) in [6, 6.07) is 9.55. The number of hydrogen-bond acceptors (Lipinski definition) is 5. The average Bonchev–Trinajstić information content (AvgIpc) is 3.23. The van der Waals surface area contributed by atoms with Gasteiger partial charge in [-0.2, -0.15) is 0 Å². The number of thiophene rings is 1. The lowest BCUT2D eigenvalue weighted by Crippen LogP contribution is -2.27. The molecular formula is C24H27NO4S. The van der Waals surface area contributed by atoms with Crippen molar-refractivity contribution >= 4 is 35.2 Å². The lowest BCUT2D eigenvalue weighted by atomic mass is 9.87. The van der Waals surface area contributed by atoms with E-state index in [0.717, 1.165) is 40.8 Å². The Morgan fingerprint density at radius 3 is 2.53 bits per heavy atom. The van der Waals surface area contributed by atoms with Gasteiger partial charge >= 0.3 is 0 Å². The van der Waals surface area contributed by atoms with Crippen molar-refractivity contribution < 1.29 is 19.1 Å². The number of benzene rings is 1. The summed E-state index contributed by atoms with van der Waals surface area (Å²) in [7, 11) is 3.37. The Hall–Kier alpha value is -2.86. The van der Waals surface area contributed by atoms with E-state index in [-0.39, 0.29) is 18.3 Å². The molecule has 1 aromatic heterocycles. The van der Waals surface area contributed by atoms with Gasteiger partial charge in [-0.15, -0.1) is 11.3 Å². The number of ether oxygens (including phenoxy) is 2. The van der Waals surface area contributed by atoms with Crippen LogP contribution in [0.4, 0.5) is 0 Å². The summed E-state index contributed by atoms with van der Waals surface area (Å²) in [5.74, 6) is 1.07. The van der Waals surface area contributed by atoms with E-state index >= 15 is 0 Å². The minimum absolute atomic E-state index is 0.0527. The average molecular weight is 426 g/mol. The molecular weight excluding hydrogens is 398 g/mol. The van der Waals surface area contributed by atoms with Gasteiger partial charge in [0.1, 0.15) is 0 Å². The van der Waals surface area contributed by atoms with Gasteiger partial charge in [0.25, 0.3) is 5.91 Å². The molecule has 0 spiro atoms. The molecule has 5 nitrogen and oxygen atoms in total. The van der Waals surface area contributed by atoms with Gasteiger partial charge in [0.2, 0.25) is 0 Å². The molecule has 0 N–H and O–H groups in total. The normalized spacial score (nSPS) is 16.7. The number of carbonyl (C=O) groups excluding carboxylic acids is 2. The van der Waals surface area contributed by atoms with Gasteiger partial charge in [-0.05, 0) is 67.5 Å². The van der Waals surface area contributed by atoms with Gasteiger partial charge < -0.3 is 14.4 Å². The van der Waals surface area contributed by atoms with Crippen LogP contribution < -0.4 is 9.47 Å². The van der Waals surface area contributed by atoms with Crippen molar-refractivity contribution in [3.05, 3.63) is 57.3 Å². The van der Waals surface area contributed by atoms with Gasteiger partial charge in [-0.1, -0.05) is 12.1 Å². The van der Waals surface area contributed by atoms with Crippen molar-refractivity contribution in [3.8, 4) is 11.5 Å². The van der Waals surface area contributed by atoms with Gasteiger partial charge in [-0.25, -0.2) is 0 Å². The SMILES string of the molecule is CCOc1cc(/C=C2\CCC/C(=C/c3cccs3)C2=O)ccc1OCC(=O)N(C)C. The van der Waals surface area contributed by atoms with Crippen LogP contribution in [0, 0.1) is 0 Å². The molecule has 0 radical (unpaired) electrons. The number of Topliss-reactive ketones (excluding diaryl/α,β-unsaturated/α-hetero) is 1. The second kappa shape index (κ2) is 10.3. The fraction of sp³-hybridized carbons (Fsp3) is 0.333. The van der Waals surface area contributed by atoms with E-state index in [1.54, 1.807) is 31.5 Å². The summed E-state index contributed by atoms with van der Waals surface area (Å²) in [5, 5.41) is 2.02. The Morgan fingerprint density at radius 2 is 1.87 bits per heavy atom. The van der Waals surface area contributed by atoms with Gasteiger partial charge in [0.05, 0.1) is 6.61 Å². The summed E-state index contributed by atoms with van der Waals surface area (Å²) in [6.07, 6.45) is 6.47. The minimum Gasteiger partial charge on any atom is -0.490 e. The number of ketones is 1. The largest absolute Gasteiger partial charge is 0.490 e. The first kappa shape index (κ1) is 21.8. The minimum atomic E-state index is -0.124. The van der Waals surface area contributed by atoms with Crippen molar-refractivity contribution in [1.82, 2.24) is 4.90 Å². The maximum Gasteiger partial charge on any atom is 0.259 e. The quantitative estimate of drug-likeness (QED) is 0.596. The fourth-order valence-corrected chi connectivity index (χ4v) is 3.88. The van der Waals surface area contributed by atoms with E-state index in [9.17, 15) is 9.59 Å². The van der Waals surface area contributed by atoms with Crippen molar-refractivity contribution in [2.24, 2.45) is 0 Å². The van der Waals surface area contributed by atoms with Crippen LogP contribution in [0.25, 0.3) is 12.2 Å². The van der Waals surface area contributed by atoms with E-state index < -0.39 is 0 Å². The van der Waals surface area contributed by atoms with E-state index in [1.165, 1.54) is 4.90 Å². The summed E-state index contributed by atoms with van der Waals surface area (Å²) >= 11 is 1.64. The van der Waals surface area contributed by atoms with E-state index in [2.05, 4.69) is 0 Å². The summed E-state index contributed by atoms with van der Waals surface area (Å²) in [6.45, 7) is 2.32. The number of carbonyl (C=O) groups is 2. The molecule has 1 aliphatic carbocycles. The zero-order chi connectivity index (χ0) is 21.5. The highest BCUT2D eigenvalue weighted by molar-refractivity contribution is 7.10. The Bertz CT molecular complexity index is 958. The molecule has 0 aliphatic heterocycles. The summed E-state index contributed by atoms with van der Waals surface area (Å²) in [4.78, 5) is 27.3. The van der Waals surface area contributed by atoms with Crippen LogP contribution in [-0.4, -0.2) is 43.9 Å². The van der Waals surface area contributed by atoms with Crippen molar-refractivity contribution in [2.75, 3.05) is 27.3 Å². The second-order valence-corrected chi connectivity index (χ2v) is 8.23. The number of hydrogen-bond donors (Lipinski definition) is 0. The van der Waals surface area contributed by atoms with Crippen LogP contribution in [0.15, 0.2) is 46.9 Å². The number of allylic oxidation sites excluding steroid dienone is 2. The smallest absolute Gasteiger partial charge is 0.259 e.